The van der Waals surface area contributed by atoms with Crippen molar-refractivity contribution in [2.75, 3.05) is 11.9 Å². The molecule has 1 aromatic carbocycles. The Morgan fingerprint density at radius 1 is 1.35 bits per heavy atom. The number of anilines is 1. The Hall–Kier alpha value is -2.34. The quantitative estimate of drug-likeness (QED) is 0.745. The molecule has 0 aliphatic rings. The van der Waals surface area contributed by atoms with Gasteiger partial charge in [-0.3, -0.25) is 4.79 Å². The van der Waals surface area contributed by atoms with Crippen molar-refractivity contribution < 1.29 is 4.74 Å². The Labute approximate surface area is 138 Å². The van der Waals surface area contributed by atoms with E-state index < -0.39 is 0 Å². The van der Waals surface area contributed by atoms with Crippen molar-refractivity contribution in [2.45, 2.75) is 26.8 Å². The van der Waals surface area contributed by atoms with Crippen molar-refractivity contribution in [3.63, 3.8) is 0 Å². The number of hydrogen-bond donors (Lipinski definition) is 2. The third-order valence-corrected chi connectivity index (χ3v) is 4.08. The maximum absolute atomic E-state index is 12.3. The maximum atomic E-state index is 12.3. The second-order valence-electron chi connectivity index (χ2n) is 5.52. The van der Waals surface area contributed by atoms with Crippen LogP contribution in [0.3, 0.4) is 0 Å². The van der Waals surface area contributed by atoms with Crippen LogP contribution in [-0.2, 0) is 0 Å². The molecule has 0 radical (unpaired) electrons. The van der Waals surface area contributed by atoms with Crippen molar-refractivity contribution in [2.24, 2.45) is 0 Å². The Morgan fingerprint density at radius 3 is 2.91 bits per heavy atom. The zero-order chi connectivity index (χ0) is 16.4. The SMILES string of the molecule is CCOc1ccc2c(=O)cc(-c3csc(NC(C)C)n3)[nH]c2c1. The number of hydrogen-bond acceptors (Lipinski definition) is 5. The van der Waals surface area contributed by atoms with Crippen LogP contribution in [0.5, 0.6) is 5.75 Å². The molecule has 0 fully saturated rings. The van der Waals surface area contributed by atoms with Crippen LogP contribution in [0.15, 0.2) is 34.4 Å². The molecule has 0 aliphatic carbocycles. The fourth-order valence-corrected chi connectivity index (χ4v) is 3.19. The summed E-state index contributed by atoms with van der Waals surface area (Å²) in [6, 6.07) is 7.36. The van der Waals surface area contributed by atoms with Gasteiger partial charge in [0.25, 0.3) is 0 Å². The highest BCUT2D eigenvalue weighted by Crippen LogP contribution is 2.25. The molecule has 2 aromatic heterocycles. The number of ether oxygens (including phenoxy) is 1. The Morgan fingerprint density at radius 2 is 2.17 bits per heavy atom. The summed E-state index contributed by atoms with van der Waals surface area (Å²) < 4.78 is 5.50. The number of thiazole rings is 1. The molecule has 2 heterocycles. The molecule has 3 rings (SSSR count). The lowest BCUT2D eigenvalue weighted by Gasteiger charge is -2.06. The van der Waals surface area contributed by atoms with Gasteiger partial charge in [-0.25, -0.2) is 4.98 Å². The highest BCUT2D eigenvalue weighted by molar-refractivity contribution is 7.14. The standard InChI is InChI=1S/C17H19N3O2S/c1-4-22-11-5-6-12-13(7-11)19-14(8-16(12)21)15-9-23-17(20-15)18-10(2)3/h5-10H,4H2,1-3H3,(H,18,20)(H,19,21). The molecule has 23 heavy (non-hydrogen) atoms. The minimum atomic E-state index is -0.0248. The van der Waals surface area contributed by atoms with Crippen LogP contribution in [0.1, 0.15) is 20.8 Å². The van der Waals surface area contributed by atoms with Crippen molar-refractivity contribution >= 4 is 27.4 Å². The van der Waals surface area contributed by atoms with Crippen molar-refractivity contribution in [1.29, 1.82) is 0 Å². The maximum Gasteiger partial charge on any atom is 0.190 e. The van der Waals surface area contributed by atoms with Crippen LogP contribution >= 0.6 is 11.3 Å². The number of benzene rings is 1. The van der Waals surface area contributed by atoms with E-state index in [1.54, 1.807) is 12.1 Å². The first kappa shape index (κ1) is 15.6. The van der Waals surface area contributed by atoms with Gasteiger partial charge in [-0.2, -0.15) is 0 Å². The zero-order valence-corrected chi connectivity index (χ0v) is 14.2. The van der Waals surface area contributed by atoms with Gasteiger partial charge in [-0.15, -0.1) is 11.3 Å². The highest BCUT2D eigenvalue weighted by atomic mass is 32.1. The lowest BCUT2D eigenvalue weighted by atomic mass is 10.1. The fraction of sp³-hybridized carbons (Fsp3) is 0.294. The largest absolute Gasteiger partial charge is 0.494 e. The number of nitrogens with one attached hydrogen (secondary N) is 2. The predicted octanol–water partition coefficient (Wildman–Crippen LogP) is 3.87. The van der Waals surface area contributed by atoms with E-state index in [-0.39, 0.29) is 5.43 Å². The zero-order valence-electron chi connectivity index (χ0n) is 13.3. The molecule has 2 N–H and O–H groups in total. The molecule has 6 heteroatoms. The lowest BCUT2D eigenvalue weighted by Crippen LogP contribution is -2.09. The monoisotopic (exact) mass is 329 g/mol. The average molecular weight is 329 g/mol. The number of nitrogens with zero attached hydrogens (tertiary/aromatic N) is 1. The molecular formula is C17H19N3O2S. The second-order valence-corrected chi connectivity index (χ2v) is 6.38. The summed E-state index contributed by atoms with van der Waals surface area (Å²) in [5.41, 5.74) is 2.20. The molecule has 120 valence electrons. The number of rotatable bonds is 5. The van der Waals surface area contributed by atoms with Gasteiger partial charge in [0.1, 0.15) is 5.75 Å². The van der Waals surface area contributed by atoms with E-state index in [1.165, 1.54) is 11.3 Å². The van der Waals surface area contributed by atoms with Gasteiger partial charge in [0.2, 0.25) is 0 Å². The van der Waals surface area contributed by atoms with Crippen molar-refractivity contribution in [1.82, 2.24) is 9.97 Å². The molecule has 0 atom stereocenters. The number of aromatic nitrogens is 2. The van der Waals surface area contributed by atoms with E-state index >= 15 is 0 Å². The second kappa shape index (κ2) is 6.42. The van der Waals surface area contributed by atoms with Crippen LogP contribution < -0.4 is 15.5 Å². The summed E-state index contributed by atoms with van der Waals surface area (Å²) >= 11 is 1.53. The topological polar surface area (TPSA) is 67.0 Å². The van der Waals surface area contributed by atoms with Gasteiger partial charge in [-0.1, -0.05) is 0 Å². The third kappa shape index (κ3) is 3.37. The normalized spacial score (nSPS) is 11.1. The molecule has 0 saturated heterocycles. The third-order valence-electron chi connectivity index (χ3n) is 3.30. The summed E-state index contributed by atoms with van der Waals surface area (Å²) in [6.07, 6.45) is 0. The smallest absolute Gasteiger partial charge is 0.190 e. The van der Waals surface area contributed by atoms with Crippen LogP contribution in [0.2, 0.25) is 0 Å². The number of H-pyrrole nitrogens is 1. The molecule has 0 bridgehead atoms. The van der Waals surface area contributed by atoms with E-state index in [0.29, 0.717) is 23.7 Å². The van der Waals surface area contributed by atoms with Gasteiger partial charge in [0.05, 0.1) is 23.5 Å². The average Bonchev–Trinajstić information content (AvgIpc) is 2.95. The molecule has 0 amide bonds. The van der Waals surface area contributed by atoms with Gasteiger partial charge >= 0.3 is 0 Å². The predicted molar refractivity (Wildman–Crippen MR) is 95.6 cm³/mol. The first-order valence-electron chi connectivity index (χ1n) is 7.59. The molecule has 3 aromatic rings. The van der Waals surface area contributed by atoms with Crippen molar-refractivity contribution in [3.8, 4) is 17.1 Å². The summed E-state index contributed by atoms with van der Waals surface area (Å²) in [7, 11) is 0. The first-order chi connectivity index (χ1) is 11.1. The summed E-state index contributed by atoms with van der Waals surface area (Å²) in [4.78, 5) is 20.1. The van der Waals surface area contributed by atoms with E-state index in [1.807, 2.05) is 24.4 Å². The Kier molecular flexibility index (Phi) is 4.34. The molecule has 0 aliphatic heterocycles. The first-order valence-corrected chi connectivity index (χ1v) is 8.47. The van der Waals surface area contributed by atoms with Gasteiger partial charge in [-0.05, 0) is 32.9 Å². The Bertz CT molecular complexity index is 883. The summed E-state index contributed by atoms with van der Waals surface area (Å²) in [5.74, 6) is 0.744. The van der Waals surface area contributed by atoms with E-state index in [9.17, 15) is 4.79 Å². The van der Waals surface area contributed by atoms with Gasteiger partial charge in [0, 0.05) is 28.9 Å². The number of aromatic amines is 1. The molecule has 5 nitrogen and oxygen atoms in total. The fourth-order valence-electron chi connectivity index (χ4n) is 2.34. The van der Waals surface area contributed by atoms with E-state index in [4.69, 9.17) is 4.74 Å². The number of pyridine rings is 1. The summed E-state index contributed by atoms with van der Waals surface area (Å²) in [6.45, 7) is 6.65. The van der Waals surface area contributed by atoms with Gasteiger partial charge in [0.15, 0.2) is 10.6 Å². The minimum Gasteiger partial charge on any atom is -0.494 e. The Balaban J connectivity index is 2.03. The van der Waals surface area contributed by atoms with Crippen LogP contribution in [0.4, 0.5) is 5.13 Å². The lowest BCUT2D eigenvalue weighted by molar-refractivity contribution is 0.340. The van der Waals surface area contributed by atoms with E-state index in [2.05, 4.69) is 29.1 Å². The van der Waals surface area contributed by atoms with Crippen LogP contribution in [0, 0.1) is 0 Å². The number of fused-ring (bicyclic) bond motifs is 1. The molecule has 0 saturated carbocycles. The van der Waals surface area contributed by atoms with Crippen LogP contribution in [-0.4, -0.2) is 22.6 Å². The van der Waals surface area contributed by atoms with Gasteiger partial charge < -0.3 is 15.0 Å². The molecule has 0 spiro atoms. The molecule has 0 unspecified atom stereocenters. The van der Waals surface area contributed by atoms with Crippen LogP contribution in [0.25, 0.3) is 22.3 Å². The molecular weight excluding hydrogens is 310 g/mol. The van der Waals surface area contributed by atoms with Crippen molar-refractivity contribution in [3.05, 3.63) is 39.9 Å². The minimum absolute atomic E-state index is 0.0248. The van der Waals surface area contributed by atoms with E-state index in [0.717, 1.165) is 22.1 Å². The summed E-state index contributed by atoms with van der Waals surface area (Å²) in [5, 5.41) is 6.70. The highest BCUT2D eigenvalue weighted by Gasteiger charge is 2.09.